The van der Waals surface area contributed by atoms with Gasteiger partial charge in [0.1, 0.15) is 0 Å². The summed E-state index contributed by atoms with van der Waals surface area (Å²) in [5.74, 6) is 0.173. The van der Waals surface area contributed by atoms with E-state index >= 15 is 0 Å². The standard InChI is InChI=1S/C20H28N2O4S/c1-26-19(25)22-11-13-5-6-15(22)14(10-13)18(24)21-17(16-4-2-9-27-16)20(12-23)7-3-8-20/h2,4,9,13-15,17,23H,3,5-8,10-12H2,1H3,(H,21,24). The average molecular weight is 393 g/mol. The Labute approximate surface area is 163 Å². The van der Waals surface area contributed by atoms with Crippen molar-refractivity contribution in [1.29, 1.82) is 0 Å². The number of nitrogens with one attached hydrogen (secondary N) is 1. The van der Waals surface area contributed by atoms with E-state index in [0.29, 0.717) is 12.5 Å². The minimum Gasteiger partial charge on any atom is -0.453 e. The summed E-state index contributed by atoms with van der Waals surface area (Å²) in [7, 11) is 1.40. The molecule has 2 N–H and O–H groups in total. The first-order chi connectivity index (χ1) is 13.1. The van der Waals surface area contributed by atoms with Crippen LogP contribution in [-0.2, 0) is 9.53 Å². The largest absolute Gasteiger partial charge is 0.453 e. The molecule has 5 rings (SSSR count). The maximum absolute atomic E-state index is 13.3. The van der Waals surface area contributed by atoms with Gasteiger partial charge in [0, 0.05) is 22.9 Å². The van der Waals surface area contributed by atoms with Gasteiger partial charge in [0.15, 0.2) is 0 Å². The van der Waals surface area contributed by atoms with E-state index in [1.54, 1.807) is 16.2 Å². The van der Waals surface area contributed by atoms with Crippen LogP contribution in [0, 0.1) is 17.3 Å². The van der Waals surface area contributed by atoms with Crippen LogP contribution in [0.3, 0.4) is 0 Å². The fourth-order valence-electron chi connectivity index (χ4n) is 5.20. The Kier molecular flexibility index (Phi) is 5.16. The summed E-state index contributed by atoms with van der Waals surface area (Å²) in [6.07, 6.45) is 5.36. The molecule has 2 amide bonds. The molecule has 1 aromatic rings. The van der Waals surface area contributed by atoms with Crippen LogP contribution in [0.2, 0.25) is 0 Å². The highest BCUT2D eigenvalue weighted by Crippen LogP contribution is 2.51. The minimum absolute atomic E-state index is 0.0106. The van der Waals surface area contributed by atoms with Crippen molar-refractivity contribution < 1.29 is 19.4 Å². The van der Waals surface area contributed by atoms with Crippen molar-refractivity contribution in [3.8, 4) is 0 Å². The fourth-order valence-corrected chi connectivity index (χ4v) is 6.12. The number of carbonyl (C=O) groups excluding carboxylic acids is 2. The van der Waals surface area contributed by atoms with Crippen molar-refractivity contribution in [1.82, 2.24) is 10.2 Å². The number of hydrogen-bond donors (Lipinski definition) is 2. The number of hydrogen-bond acceptors (Lipinski definition) is 5. The molecule has 3 heterocycles. The Bertz CT molecular complexity index is 683. The summed E-state index contributed by atoms with van der Waals surface area (Å²) in [5, 5.41) is 15.4. The predicted molar refractivity (Wildman–Crippen MR) is 102 cm³/mol. The molecule has 148 valence electrons. The topological polar surface area (TPSA) is 78.9 Å². The highest BCUT2D eigenvalue weighted by molar-refractivity contribution is 7.10. The molecular formula is C20H28N2O4S. The molecule has 4 atom stereocenters. The molecule has 0 aromatic carbocycles. The maximum Gasteiger partial charge on any atom is 0.409 e. The minimum atomic E-state index is -0.331. The molecule has 0 spiro atoms. The third-order valence-corrected chi connectivity index (χ3v) is 7.85. The van der Waals surface area contributed by atoms with Crippen LogP contribution in [-0.4, -0.2) is 48.3 Å². The average Bonchev–Trinajstić information content (AvgIpc) is 3.20. The van der Waals surface area contributed by atoms with Crippen LogP contribution >= 0.6 is 11.3 Å². The maximum atomic E-state index is 13.3. The number of carbonyl (C=O) groups is 2. The normalized spacial score (nSPS) is 29.7. The molecule has 1 aromatic heterocycles. The predicted octanol–water partition coefficient (Wildman–Crippen LogP) is 2.93. The highest BCUT2D eigenvalue weighted by Gasteiger charge is 2.49. The summed E-state index contributed by atoms with van der Waals surface area (Å²) in [5.41, 5.74) is -0.254. The van der Waals surface area contributed by atoms with E-state index in [-0.39, 0.29) is 42.0 Å². The number of amides is 2. The highest BCUT2D eigenvalue weighted by atomic mass is 32.1. The Morgan fingerprint density at radius 3 is 2.81 bits per heavy atom. The Morgan fingerprint density at radius 2 is 2.26 bits per heavy atom. The molecule has 4 unspecified atom stereocenters. The van der Waals surface area contributed by atoms with Gasteiger partial charge in [0.2, 0.25) is 5.91 Å². The van der Waals surface area contributed by atoms with Gasteiger partial charge in [-0.1, -0.05) is 12.5 Å². The number of methoxy groups -OCH3 is 1. The Morgan fingerprint density at radius 1 is 1.44 bits per heavy atom. The summed E-state index contributed by atoms with van der Waals surface area (Å²) >= 11 is 1.63. The van der Waals surface area contributed by atoms with E-state index < -0.39 is 0 Å². The van der Waals surface area contributed by atoms with Gasteiger partial charge in [-0.2, -0.15) is 0 Å². The molecule has 2 saturated carbocycles. The van der Waals surface area contributed by atoms with Gasteiger partial charge < -0.3 is 20.1 Å². The van der Waals surface area contributed by atoms with Crippen molar-refractivity contribution in [3.05, 3.63) is 22.4 Å². The number of nitrogens with zero attached hydrogens (tertiary/aromatic N) is 1. The van der Waals surface area contributed by atoms with E-state index in [0.717, 1.165) is 43.4 Å². The van der Waals surface area contributed by atoms with Crippen molar-refractivity contribution in [2.75, 3.05) is 20.3 Å². The smallest absolute Gasteiger partial charge is 0.409 e. The first kappa shape index (κ1) is 18.7. The molecule has 27 heavy (non-hydrogen) atoms. The van der Waals surface area contributed by atoms with Gasteiger partial charge in [-0.15, -0.1) is 11.3 Å². The number of aliphatic hydroxyl groups excluding tert-OH is 1. The van der Waals surface area contributed by atoms with Crippen molar-refractivity contribution in [2.45, 2.75) is 50.6 Å². The first-order valence-electron chi connectivity index (χ1n) is 9.87. The SMILES string of the molecule is COC(=O)N1CC2CCC1C(C(=O)NC(c1cccs1)C1(CO)CCC1)C2. The third kappa shape index (κ3) is 3.25. The second kappa shape index (κ2) is 7.43. The molecule has 4 fully saturated rings. The zero-order valence-corrected chi connectivity index (χ0v) is 16.5. The van der Waals surface area contributed by atoms with Crippen LogP contribution in [0.15, 0.2) is 17.5 Å². The number of aliphatic hydroxyl groups is 1. The molecule has 4 aliphatic rings. The molecule has 2 bridgehead atoms. The van der Waals surface area contributed by atoms with Gasteiger partial charge in [-0.05, 0) is 49.5 Å². The number of thiophene rings is 1. The second-order valence-electron chi connectivity index (χ2n) is 8.31. The second-order valence-corrected chi connectivity index (χ2v) is 9.29. The lowest BCUT2D eigenvalue weighted by molar-refractivity contribution is -0.134. The molecule has 2 saturated heterocycles. The van der Waals surface area contributed by atoms with Crippen molar-refractivity contribution in [2.24, 2.45) is 17.3 Å². The Balaban J connectivity index is 1.54. The van der Waals surface area contributed by atoms with E-state index in [1.165, 1.54) is 7.11 Å². The molecule has 0 radical (unpaired) electrons. The van der Waals surface area contributed by atoms with Gasteiger partial charge in [0.25, 0.3) is 0 Å². The third-order valence-electron chi connectivity index (χ3n) is 6.91. The summed E-state index contributed by atoms with van der Waals surface area (Å²) in [4.78, 5) is 28.3. The van der Waals surface area contributed by atoms with Crippen molar-refractivity contribution in [3.63, 3.8) is 0 Å². The lowest BCUT2D eigenvalue weighted by Crippen LogP contribution is -2.59. The Hall–Kier alpha value is -1.60. The van der Waals surface area contributed by atoms with E-state index in [9.17, 15) is 14.7 Å². The summed E-state index contributed by atoms with van der Waals surface area (Å²) in [6, 6.07) is 3.79. The number of ether oxygens (including phenoxy) is 1. The monoisotopic (exact) mass is 392 g/mol. The number of fused-ring (bicyclic) bond motifs is 3. The molecule has 7 heteroatoms. The molecule has 2 aliphatic heterocycles. The summed E-state index contributed by atoms with van der Waals surface area (Å²) < 4.78 is 4.93. The molecule has 6 nitrogen and oxygen atoms in total. The lowest BCUT2D eigenvalue weighted by Gasteiger charge is -2.50. The first-order valence-corrected chi connectivity index (χ1v) is 10.7. The molecule has 2 aliphatic carbocycles. The fraction of sp³-hybridized carbons (Fsp3) is 0.700. The summed E-state index contributed by atoms with van der Waals surface area (Å²) in [6.45, 7) is 0.775. The number of piperidine rings is 2. The van der Waals surface area contributed by atoms with Crippen LogP contribution < -0.4 is 5.32 Å². The van der Waals surface area contributed by atoms with Crippen molar-refractivity contribution >= 4 is 23.3 Å². The lowest BCUT2D eigenvalue weighted by atomic mass is 9.64. The van der Waals surface area contributed by atoms with E-state index in [4.69, 9.17) is 4.74 Å². The zero-order chi connectivity index (χ0) is 19.0. The number of rotatable bonds is 5. The van der Waals surface area contributed by atoms with Gasteiger partial charge >= 0.3 is 6.09 Å². The van der Waals surface area contributed by atoms with Gasteiger partial charge in [-0.25, -0.2) is 4.79 Å². The quantitative estimate of drug-likeness (QED) is 0.808. The van der Waals surface area contributed by atoms with Crippen LogP contribution in [0.1, 0.15) is 49.4 Å². The van der Waals surface area contributed by atoms with E-state index in [1.807, 2.05) is 17.5 Å². The zero-order valence-electron chi connectivity index (χ0n) is 15.7. The molecular weight excluding hydrogens is 364 g/mol. The van der Waals surface area contributed by atoms with Crippen LogP contribution in [0.5, 0.6) is 0 Å². The van der Waals surface area contributed by atoms with Crippen LogP contribution in [0.4, 0.5) is 4.79 Å². The van der Waals surface area contributed by atoms with Crippen LogP contribution in [0.25, 0.3) is 0 Å². The van der Waals surface area contributed by atoms with E-state index in [2.05, 4.69) is 5.32 Å². The van der Waals surface area contributed by atoms with Gasteiger partial charge in [-0.3, -0.25) is 4.79 Å². The van der Waals surface area contributed by atoms with Gasteiger partial charge in [0.05, 0.1) is 25.7 Å².